The van der Waals surface area contributed by atoms with Gasteiger partial charge in [-0.05, 0) is 70.1 Å². The molecule has 4 rings (SSSR count). The number of ketones is 2. The van der Waals surface area contributed by atoms with E-state index in [1.165, 1.54) is 6.92 Å². The standard InChI is InChI=1S/C33H47N3O8/c1-22(37)30(35-29(39)20-36-13-15-43-16-14-36)28(38)19-25(17-24-9-11-26(42-3)12-10-24)32(41)34-27(31(40)33(2)21-44-33)18-23-7-5-4-6-8-23/h7,9-12,22,25,27,30,37H,4-6,8,13-21H2,1-3H3,(H,34,41)(H,35,39). The third-order valence-corrected chi connectivity index (χ3v) is 8.66. The zero-order valence-electron chi connectivity index (χ0n) is 26.1. The molecule has 11 heteroatoms. The molecule has 2 amide bonds. The molecule has 11 nitrogen and oxygen atoms in total. The summed E-state index contributed by atoms with van der Waals surface area (Å²) < 4.78 is 16.0. The second-order valence-electron chi connectivity index (χ2n) is 12.4. The van der Waals surface area contributed by atoms with E-state index < -0.39 is 41.4 Å². The first kappa shape index (κ1) is 33.8. The fourth-order valence-electron chi connectivity index (χ4n) is 5.80. The number of nitrogens with one attached hydrogen (secondary N) is 2. The summed E-state index contributed by atoms with van der Waals surface area (Å²) in [7, 11) is 1.57. The molecule has 0 saturated carbocycles. The highest BCUT2D eigenvalue weighted by Crippen LogP contribution is 2.31. The zero-order chi connectivity index (χ0) is 31.7. The summed E-state index contributed by atoms with van der Waals surface area (Å²) in [5.74, 6) is -1.64. The minimum Gasteiger partial charge on any atom is -0.497 e. The minimum atomic E-state index is -1.18. The number of aliphatic hydroxyl groups is 1. The summed E-state index contributed by atoms with van der Waals surface area (Å²) in [4.78, 5) is 55.7. The van der Waals surface area contributed by atoms with Crippen molar-refractivity contribution in [1.82, 2.24) is 15.5 Å². The van der Waals surface area contributed by atoms with Crippen LogP contribution < -0.4 is 15.4 Å². The lowest BCUT2D eigenvalue weighted by atomic mass is 9.87. The first-order chi connectivity index (χ1) is 21.1. The monoisotopic (exact) mass is 613 g/mol. The molecule has 44 heavy (non-hydrogen) atoms. The number of methoxy groups -OCH3 is 1. The van der Waals surface area contributed by atoms with Crippen LogP contribution in [0.25, 0.3) is 0 Å². The maximum Gasteiger partial charge on any atom is 0.234 e. The van der Waals surface area contributed by atoms with Gasteiger partial charge in [-0.25, -0.2) is 0 Å². The Morgan fingerprint density at radius 3 is 2.36 bits per heavy atom. The summed E-state index contributed by atoms with van der Waals surface area (Å²) in [5, 5.41) is 16.1. The molecular weight excluding hydrogens is 566 g/mol. The highest BCUT2D eigenvalue weighted by atomic mass is 16.6. The predicted octanol–water partition coefficient (Wildman–Crippen LogP) is 1.74. The first-order valence-electron chi connectivity index (χ1n) is 15.7. The van der Waals surface area contributed by atoms with E-state index in [9.17, 15) is 24.3 Å². The molecule has 5 atom stereocenters. The fourth-order valence-corrected chi connectivity index (χ4v) is 5.80. The Balaban J connectivity index is 1.50. The van der Waals surface area contributed by atoms with Crippen LogP contribution in [0.4, 0.5) is 0 Å². The summed E-state index contributed by atoms with van der Waals surface area (Å²) >= 11 is 0. The second kappa shape index (κ2) is 15.7. The van der Waals surface area contributed by atoms with Crippen molar-refractivity contribution >= 4 is 23.4 Å². The number of allylic oxidation sites excluding steroid dienone is 1. The van der Waals surface area contributed by atoms with E-state index in [1.807, 2.05) is 17.0 Å². The normalized spacial score (nSPS) is 23.0. The van der Waals surface area contributed by atoms with Crippen molar-refractivity contribution < 1.29 is 38.5 Å². The van der Waals surface area contributed by atoms with E-state index in [4.69, 9.17) is 14.2 Å². The van der Waals surface area contributed by atoms with E-state index in [0.29, 0.717) is 45.1 Å². The molecule has 2 aliphatic heterocycles. The number of aliphatic hydroxyl groups excluding tert-OH is 1. The SMILES string of the molecule is COc1ccc(CC(CC(=O)C(NC(=O)CN2CCOCC2)C(C)O)C(=O)NC(CC2=CCCCC2)C(=O)C2(C)CO2)cc1. The Labute approximate surface area is 259 Å². The van der Waals surface area contributed by atoms with E-state index >= 15 is 0 Å². The lowest BCUT2D eigenvalue weighted by molar-refractivity contribution is -0.135. The quantitative estimate of drug-likeness (QED) is 0.187. The molecule has 2 fully saturated rings. The molecule has 2 saturated heterocycles. The molecule has 0 spiro atoms. The van der Waals surface area contributed by atoms with E-state index in [0.717, 1.165) is 36.8 Å². The Morgan fingerprint density at radius 1 is 1.07 bits per heavy atom. The number of amides is 2. The largest absolute Gasteiger partial charge is 0.497 e. The summed E-state index contributed by atoms with van der Waals surface area (Å²) in [5.41, 5.74) is 1.02. The molecule has 3 N–H and O–H groups in total. The van der Waals surface area contributed by atoms with Crippen LogP contribution in [0.1, 0.15) is 57.9 Å². The summed E-state index contributed by atoms with van der Waals surface area (Å²) in [6.07, 6.45) is 5.35. The van der Waals surface area contributed by atoms with Crippen LogP contribution in [-0.2, 0) is 35.1 Å². The molecule has 1 aromatic carbocycles. The highest BCUT2D eigenvalue weighted by molar-refractivity contribution is 5.98. The van der Waals surface area contributed by atoms with Crippen molar-refractivity contribution in [2.75, 3.05) is 46.6 Å². The number of hydrogen-bond donors (Lipinski definition) is 3. The number of carbonyl (C=O) groups excluding carboxylic acids is 4. The number of Topliss-reactive ketones (excluding diaryl/α,β-unsaturated/α-hetero) is 2. The van der Waals surface area contributed by atoms with Gasteiger partial charge in [0.15, 0.2) is 11.6 Å². The lowest BCUT2D eigenvalue weighted by Crippen LogP contribution is -2.53. The smallest absolute Gasteiger partial charge is 0.234 e. The zero-order valence-corrected chi connectivity index (χ0v) is 26.1. The van der Waals surface area contributed by atoms with Crippen molar-refractivity contribution in [1.29, 1.82) is 0 Å². The number of rotatable bonds is 16. The third-order valence-electron chi connectivity index (χ3n) is 8.66. The van der Waals surface area contributed by atoms with Gasteiger partial charge in [0, 0.05) is 25.4 Å². The number of nitrogens with zero attached hydrogens (tertiary/aromatic N) is 1. The van der Waals surface area contributed by atoms with Crippen molar-refractivity contribution in [3.63, 3.8) is 0 Å². The average Bonchev–Trinajstić information content (AvgIpc) is 3.78. The molecular formula is C33H47N3O8. The maximum absolute atomic E-state index is 13.9. The third kappa shape index (κ3) is 9.69. The Kier molecular flexibility index (Phi) is 12.1. The van der Waals surface area contributed by atoms with Crippen LogP contribution in [0.5, 0.6) is 5.75 Å². The number of ether oxygens (including phenoxy) is 3. The molecule has 2 heterocycles. The molecule has 1 aromatic rings. The molecule has 0 aromatic heterocycles. The highest BCUT2D eigenvalue weighted by Gasteiger charge is 2.50. The molecule has 1 aliphatic carbocycles. The summed E-state index contributed by atoms with van der Waals surface area (Å²) in [6, 6.07) is 5.25. The molecule has 242 valence electrons. The van der Waals surface area contributed by atoms with Crippen LogP contribution in [-0.4, -0.2) is 104 Å². The van der Waals surface area contributed by atoms with Gasteiger partial charge in [-0.3, -0.25) is 24.1 Å². The predicted molar refractivity (Wildman–Crippen MR) is 163 cm³/mol. The molecule has 0 bridgehead atoms. The van der Waals surface area contributed by atoms with Crippen molar-refractivity contribution in [2.45, 2.75) is 82.6 Å². The van der Waals surface area contributed by atoms with Gasteiger partial charge in [0.1, 0.15) is 17.4 Å². The van der Waals surface area contributed by atoms with E-state index in [2.05, 4.69) is 16.7 Å². The van der Waals surface area contributed by atoms with E-state index in [-0.39, 0.29) is 31.1 Å². The van der Waals surface area contributed by atoms with Gasteiger partial charge in [0.05, 0.1) is 45.6 Å². The lowest BCUT2D eigenvalue weighted by Gasteiger charge is -2.28. The maximum atomic E-state index is 13.9. The van der Waals surface area contributed by atoms with Crippen LogP contribution in [0.15, 0.2) is 35.9 Å². The number of hydrogen-bond acceptors (Lipinski definition) is 9. The van der Waals surface area contributed by atoms with Gasteiger partial charge < -0.3 is 30.0 Å². The Bertz CT molecular complexity index is 1190. The van der Waals surface area contributed by atoms with Gasteiger partial charge in [0.2, 0.25) is 11.8 Å². The fraction of sp³-hybridized carbons (Fsp3) is 0.636. The number of epoxide rings is 1. The average molecular weight is 614 g/mol. The van der Waals surface area contributed by atoms with Gasteiger partial charge in [0.25, 0.3) is 0 Å². The van der Waals surface area contributed by atoms with Crippen molar-refractivity contribution in [3.05, 3.63) is 41.5 Å². The second-order valence-corrected chi connectivity index (χ2v) is 12.4. The topological polar surface area (TPSA) is 147 Å². The van der Waals surface area contributed by atoms with Gasteiger partial charge >= 0.3 is 0 Å². The Hall–Kier alpha value is -3.12. The number of benzene rings is 1. The van der Waals surface area contributed by atoms with Gasteiger partial charge in [-0.2, -0.15) is 0 Å². The van der Waals surface area contributed by atoms with Crippen LogP contribution in [0, 0.1) is 5.92 Å². The Morgan fingerprint density at radius 2 is 1.77 bits per heavy atom. The van der Waals surface area contributed by atoms with E-state index in [1.54, 1.807) is 26.2 Å². The van der Waals surface area contributed by atoms with Crippen molar-refractivity contribution in [2.24, 2.45) is 5.92 Å². The van der Waals surface area contributed by atoms with Gasteiger partial charge in [-0.15, -0.1) is 0 Å². The minimum absolute atomic E-state index is 0.0795. The van der Waals surface area contributed by atoms with Gasteiger partial charge in [-0.1, -0.05) is 23.8 Å². The van der Waals surface area contributed by atoms with Crippen molar-refractivity contribution in [3.8, 4) is 5.75 Å². The summed E-state index contributed by atoms with van der Waals surface area (Å²) in [6.45, 7) is 5.83. The van der Waals surface area contributed by atoms with Crippen LogP contribution >= 0.6 is 0 Å². The molecule has 3 aliphatic rings. The molecule has 5 unspecified atom stereocenters. The molecule has 0 radical (unpaired) electrons. The number of morpholine rings is 1. The number of carbonyl (C=O) groups is 4. The first-order valence-corrected chi connectivity index (χ1v) is 15.7. The van der Waals surface area contributed by atoms with Crippen LogP contribution in [0.2, 0.25) is 0 Å². The van der Waals surface area contributed by atoms with Crippen LogP contribution in [0.3, 0.4) is 0 Å².